The maximum Gasteiger partial charge on any atom is 0.381 e. The number of esters is 1. The highest BCUT2D eigenvalue weighted by Crippen LogP contribution is 2.52. The summed E-state index contributed by atoms with van der Waals surface area (Å²) in [6, 6.07) is 0. The summed E-state index contributed by atoms with van der Waals surface area (Å²) in [4.78, 5) is 11.0. The summed E-state index contributed by atoms with van der Waals surface area (Å²) in [6.45, 7) is -0.689. The Bertz CT molecular complexity index is 422. The maximum absolute atomic E-state index is 13.1. The summed E-state index contributed by atoms with van der Waals surface area (Å²) in [6.07, 6.45) is 1.09. The van der Waals surface area contributed by atoms with Crippen molar-refractivity contribution in [1.82, 2.24) is 0 Å². The zero-order valence-electron chi connectivity index (χ0n) is 11.1. The highest BCUT2D eigenvalue weighted by atomic mass is 19.4. The zero-order chi connectivity index (χ0) is 17.3. The number of carbonyl (C=O) groups excluding carboxylic acids is 1. The summed E-state index contributed by atoms with van der Waals surface area (Å²) in [5, 5.41) is 0. The van der Waals surface area contributed by atoms with E-state index in [4.69, 9.17) is 0 Å². The van der Waals surface area contributed by atoms with Gasteiger partial charge in [-0.2, -0.15) is 35.1 Å². The number of allylic oxidation sites excluding steroid dienone is 1. The van der Waals surface area contributed by atoms with E-state index < -0.39 is 43.2 Å². The molecule has 0 atom stereocenters. The molecule has 0 fully saturated rings. The lowest BCUT2D eigenvalue weighted by Crippen LogP contribution is -2.62. The predicted octanol–water partition coefficient (Wildman–Crippen LogP) is 4.06. The van der Waals surface area contributed by atoms with Crippen molar-refractivity contribution in [1.29, 1.82) is 0 Å². The first-order valence-electron chi connectivity index (χ1n) is 5.43. The fraction of sp³-hybridized carbons (Fsp3) is 0.727. The van der Waals surface area contributed by atoms with Crippen LogP contribution in [0.1, 0.15) is 20.8 Å². The van der Waals surface area contributed by atoms with Crippen molar-refractivity contribution in [3.63, 3.8) is 0 Å². The maximum atomic E-state index is 13.1. The third-order valence-electron chi connectivity index (χ3n) is 2.54. The molecule has 2 nitrogen and oxygen atoms in total. The molecular formula is C11H12F8O2. The number of hydrogen-bond acceptors (Lipinski definition) is 2. The van der Waals surface area contributed by atoms with E-state index in [9.17, 15) is 39.9 Å². The zero-order valence-corrected chi connectivity index (χ0v) is 11.1. The van der Waals surface area contributed by atoms with Crippen LogP contribution in [0, 0.1) is 0 Å². The van der Waals surface area contributed by atoms with Gasteiger partial charge in [0, 0.05) is 12.5 Å². The first kappa shape index (κ1) is 19.7. The van der Waals surface area contributed by atoms with Crippen molar-refractivity contribution in [2.75, 3.05) is 6.61 Å². The molecule has 10 heteroatoms. The van der Waals surface area contributed by atoms with E-state index in [0.29, 0.717) is 0 Å². The minimum absolute atomic E-state index is 0.248. The number of halogens is 8. The van der Waals surface area contributed by atoms with Crippen molar-refractivity contribution in [3.8, 4) is 0 Å². The number of hydrogen-bond donors (Lipinski definition) is 0. The second-order valence-electron chi connectivity index (χ2n) is 4.29. The Morgan fingerprint density at radius 3 is 1.76 bits per heavy atom. The molecular weight excluding hydrogens is 316 g/mol. The topological polar surface area (TPSA) is 26.3 Å². The largest absolute Gasteiger partial charge is 0.456 e. The lowest BCUT2D eigenvalue weighted by atomic mass is 10.00. The van der Waals surface area contributed by atoms with Gasteiger partial charge in [0.25, 0.3) is 0 Å². The van der Waals surface area contributed by atoms with Gasteiger partial charge in [-0.3, -0.25) is 0 Å². The molecule has 0 amide bonds. The van der Waals surface area contributed by atoms with Gasteiger partial charge in [0.05, 0.1) is 0 Å². The van der Waals surface area contributed by atoms with Crippen LogP contribution in [0.2, 0.25) is 0 Å². The first-order chi connectivity index (χ1) is 9.12. The second-order valence-corrected chi connectivity index (χ2v) is 4.29. The first-order valence-corrected chi connectivity index (χ1v) is 5.43. The SMILES string of the molecule is CC=C(C)C(=O)OCC(F)(F)C(F)(F)C(F)(F)C(C)(F)F. The van der Waals surface area contributed by atoms with Crippen LogP contribution in [0.4, 0.5) is 35.1 Å². The highest BCUT2D eigenvalue weighted by Gasteiger charge is 2.79. The van der Waals surface area contributed by atoms with Crippen molar-refractivity contribution < 1.29 is 44.7 Å². The van der Waals surface area contributed by atoms with Gasteiger partial charge in [0.2, 0.25) is 0 Å². The van der Waals surface area contributed by atoms with Gasteiger partial charge in [0.1, 0.15) is 0 Å². The third-order valence-corrected chi connectivity index (χ3v) is 2.54. The minimum Gasteiger partial charge on any atom is -0.456 e. The highest BCUT2D eigenvalue weighted by molar-refractivity contribution is 5.87. The van der Waals surface area contributed by atoms with E-state index in [1.807, 2.05) is 0 Å². The van der Waals surface area contributed by atoms with Crippen molar-refractivity contribution in [2.45, 2.75) is 44.5 Å². The Hall–Kier alpha value is -1.35. The van der Waals surface area contributed by atoms with Crippen LogP contribution in [0.15, 0.2) is 11.6 Å². The fourth-order valence-corrected chi connectivity index (χ4v) is 0.984. The molecule has 21 heavy (non-hydrogen) atoms. The van der Waals surface area contributed by atoms with E-state index >= 15 is 0 Å². The molecule has 0 saturated heterocycles. The Kier molecular flexibility index (Phi) is 5.43. The second kappa shape index (κ2) is 5.80. The quantitative estimate of drug-likeness (QED) is 0.418. The molecule has 0 unspecified atom stereocenters. The van der Waals surface area contributed by atoms with Gasteiger partial charge in [-0.05, 0) is 13.8 Å². The van der Waals surface area contributed by atoms with Gasteiger partial charge >= 0.3 is 29.7 Å². The van der Waals surface area contributed by atoms with E-state index in [1.165, 1.54) is 6.92 Å². The van der Waals surface area contributed by atoms with Crippen molar-refractivity contribution >= 4 is 5.97 Å². The average Bonchev–Trinajstić information content (AvgIpc) is 2.33. The molecule has 0 rings (SSSR count). The van der Waals surface area contributed by atoms with E-state index in [-0.39, 0.29) is 5.57 Å². The smallest absolute Gasteiger partial charge is 0.381 e. The fourth-order valence-electron chi connectivity index (χ4n) is 0.984. The Labute approximate surface area is 114 Å². The molecule has 0 aliphatic rings. The number of rotatable bonds is 6. The van der Waals surface area contributed by atoms with Crippen LogP contribution in [-0.2, 0) is 9.53 Å². The molecule has 0 saturated carbocycles. The minimum atomic E-state index is -6.41. The Morgan fingerprint density at radius 2 is 1.43 bits per heavy atom. The molecule has 0 spiro atoms. The van der Waals surface area contributed by atoms with E-state index in [1.54, 1.807) is 0 Å². The van der Waals surface area contributed by atoms with Crippen LogP contribution in [0.5, 0.6) is 0 Å². The molecule has 0 aromatic carbocycles. The molecule has 0 radical (unpaired) electrons. The standard InChI is InChI=1S/C11H12F8O2/c1-4-6(2)7(20)21-5-9(14,15)11(18,19)10(16,17)8(3,12)13/h4H,5H2,1-3H3. The summed E-state index contributed by atoms with van der Waals surface area (Å²) in [5.41, 5.74) is -0.248. The molecule has 0 bridgehead atoms. The number of ether oxygens (including phenoxy) is 1. The summed E-state index contributed by atoms with van der Waals surface area (Å²) in [7, 11) is 0. The molecule has 0 aromatic rings. The summed E-state index contributed by atoms with van der Waals surface area (Å²) < 4.78 is 106. The lowest BCUT2D eigenvalue weighted by Gasteiger charge is -2.35. The molecule has 0 aliphatic carbocycles. The van der Waals surface area contributed by atoms with Gasteiger partial charge < -0.3 is 4.74 Å². The Balaban J connectivity index is 5.27. The third kappa shape index (κ3) is 3.65. The normalized spacial score (nSPS) is 15.1. The lowest BCUT2D eigenvalue weighted by molar-refractivity contribution is -0.366. The predicted molar refractivity (Wildman–Crippen MR) is 55.9 cm³/mol. The van der Waals surface area contributed by atoms with Crippen LogP contribution in [-0.4, -0.2) is 36.3 Å². The summed E-state index contributed by atoms with van der Waals surface area (Å²) in [5.74, 6) is -25.3. The van der Waals surface area contributed by atoms with Crippen LogP contribution in [0.25, 0.3) is 0 Å². The van der Waals surface area contributed by atoms with Crippen LogP contribution < -0.4 is 0 Å². The molecule has 124 valence electrons. The van der Waals surface area contributed by atoms with E-state index in [0.717, 1.165) is 13.0 Å². The van der Waals surface area contributed by atoms with Gasteiger partial charge in [-0.25, -0.2) is 4.79 Å². The number of carbonyl (C=O) groups is 1. The molecule has 0 aromatic heterocycles. The molecule has 0 heterocycles. The van der Waals surface area contributed by atoms with E-state index in [2.05, 4.69) is 4.74 Å². The summed E-state index contributed by atoms with van der Waals surface area (Å²) >= 11 is 0. The van der Waals surface area contributed by atoms with Crippen LogP contribution in [0.3, 0.4) is 0 Å². The van der Waals surface area contributed by atoms with Gasteiger partial charge in [-0.1, -0.05) is 6.08 Å². The average molecular weight is 328 g/mol. The van der Waals surface area contributed by atoms with Crippen molar-refractivity contribution in [3.05, 3.63) is 11.6 Å². The number of alkyl halides is 8. The Morgan fingerprint density at radius 1 is 1.00 bits per heavy atom. The van der Waals surface area contributed by atoms with Crippen molar-refractivity contribution in [2.24, 2.45) is 0 Å². The molecule has 0 aliphatic heterocycles. The van der Waals surface area contributed by atoms with Gasteiger partial charge in [-0.15, -0.1) is 0 Å². The monoisotopic (exact) mass is 328 g/mol. The van der Waals surface area contributed by atoms with Crippen LogP contribution >= 0.6 is 0 Å². The molecule has 0 N–H and O–H groups in total. The van der Waals surface area contributed by atoms with Gasteiger partial charge in [0.15, 0.2) is 6.61 Å².